The van der Waals surface area contributed by atoms with Crippen molar-refractivity contribution in [2.75, 3.05) is 12.4 Å². The van der Waals surface area contributed by atoms with Crippen molar-refractivity contribution in [2.45, 2.75) is 25.8 Å². The van der Waals surface area contributed by atoms with Gasteiger partial charge in [0, 0.05) is 17.6 Å². The van der Waals surface area contributed by atoms with Crippen molar-refractivity contribution < 1.29 is 4.74 Å². The second-order valence-electron chi connectivity index (χ2n) is 4.27. The maximum absolute atomic E-state index is 5.15. The van der Waals surface area contributed by atoms with Crippen molar-refractivity contribution in [3.63, 3.8) is 0 Å². The maximum Gasteiger partial charge on any atom is 0.182 e. The van der Waals surface area contributed by atoms with Gasteiger partial charge >= 0.3 is 0 Å². The Morgan fingerprint density at radius 2 is 2.11 bits per heavy atom. The Morgan fingerprint density at radius 3 is 2.72 bits per heavy atom. The molecule has 96 valence electrons. The lowest BCUT2D eigenvalue weighted by molar-refractivity contribution is 0.414. The summed E-state index contributed by atoms with van der Waals surface area (Å²) in [4.78, 5) is 4.22. The molecule has 0 spiro atoms. The Morgan fingerprint density at radius 1 is 1.33 bits per heavy atom. The fourth-order valence-electron chi connectivity index (χ4n) is 1.75. The van der Waals surface area contributed by atoms with E-state index in [2.05, 4.69) is 29.4 Å². The number of aromatic nitrogens is 1. The highest BCUT2D eigenvalue weighted by Gasteiger charge is 2.04. The summed E-state index contributed by atoms with van der Waals surface area (Å²) in [7, 11) is 1.69. The van der Waals surface area contributed by atoms with Crippen LogP contribution in [0, 0.1) is 0 Å². The average Bonchev–Trinajstić information content (AvgIpc) is 2.90. The molecule has 0 radical (unpaired) electrons. The molecule has 1 heterocycles. The Hall–Kier alpha value is -1.55. The Bertz CT molecular complexity index is 453. The van der Waals surface area contributed by atoms with E-state index in [-0.39, 0.29) is 0 Å². The van der Waals surface area contributed by atoms with Gasteiger partial charge in [0.15, 0.2) is 5.13 Å². The zero-order valence-electron chi connectivity index (χ0n) is 10.7. The molecule has 1 N–H and O–H groups in total. The fourth-order valence-corrected chi connectivity index (χ4v) is 2.39. The molecule has 4 heteroatoms. The summed E-state index contributed by atoms with van der Waals surface area (Å²) in [6.45, 7) is 2.19. The van der Waals surface area contributed by atoms with Gasteiger partial charge in [0.1, 0.15) is 5.75 Å². The topological polar surface area (TPSA) is 34.1 Å². The number of thiazole rings is 1. The van der Waals surface area contributed by atoms with Gasteiger partial charge < -0.3 is 10.1 Å². The number of hydrogen-bond acceptors (Lipinski definition) is 4. The summed E-state index contributed by atoms with van der Waals surface area (Å²) in [6, 6.07) is 8.69. The summed E-state index contributed by atoms with van der Waals surface area (Å²) in [5.74, 6) is 0.910. The number of methoxy groups -OCH3 is 1. The molecule has 0 aliphatic heterocycles. The molecule has 0 saturated heterocycles. The van der Waals surface area contributed by atoms with Crippen molar-refractivity contribution in [3.05, 3.63) is 41.4 Å². The third-order valence-corrected chi connectivity index (χ3v) is 3.53. The van der Waals surface area contributed by atoms with Crippen LogP contribution in [-0.4, -0.2) is 18.1 Å². The number of anilines is 1. The summed E-state index contributed by atoms with van der Waals surface area (Å²) in [5, 5.41) is 6.38. The van der Waals surface area contributed by atoms with Crippen molar-refractivity contribution in [3.8, 4) is 5.75 Å². The van der Waals surface area contributed by atoms with E-state index in [9.17, 15) is 0 Å². The lowest BCUT2D eigenvalue weighted by Gasteiger charge is -2.12. The zero-order chi connectivity index (χ0) is 12.8. The smallest absolute Gasteiger partial charge is 0.182 e. The van der Waals surface area contributed by atoms with Crippen LogP contribution < -0.4 is 10.1 Å². The molecule has 1 aromatic heterocycles. The van der Waals surface area contributed by atoms with Gasteiger partial charge in [0.2, 0.25) is 0 Å². The van der Waals surface area contributed by atoms with Crippen molar-refractivity contribution in [1.82, 2.24) is 4.98 Å². The molecule has 0 fully saturated rings. The monoisotopic (exact) mass is 262 g/mol. The minimum absolute atomic E-state index is 0.429. The first kappa shape index (κ1) is 12.9. The third-order valence-electron chi connectivity index (χ3n) is 2.83. The Labute approximate surface area is 112 Å². The lowest BCUT2D eigenvalue weighted by Crippen LogP contribution is -2.15. The summed E-state index contributed by atoms with van der Waals surface area (Å²) < 4.78 is 5.15. The number of ether oxygens (including phenoxy) is 1. The van der Waals surface area contributed by atoms with E-state index in [4.69, 9.17) is 4.74 Å². The van der Waals surface area contributed by atoms with E-state index in [0.717, 1.165) is 23.7 Å². The van der Waals surface area contributed by atoms with Crippen LogP contribution in [0.3, 0.4) is 0 Å². The minimum atomic E-state index is 0.429. The number of nitrogens with one attached hydrogen (secondary N) is 1. The fraction of sp³-hybridized carbons (Fsp3) is 0.357. The van der Waals surface area contributed by atoms with Crippen LogP contribution in [0.5, 0.6) is 5.75 Å². The molecule has 18 heavy (non-hydrogen) atoms. The van der Waals surface area contributed by atoms with Crippen LogP contribution in [0.15, 0.2) is 35.8 Å². The van der Waals surface area contributed by atoms with E-state index < -0.39 is 0 Å². The predicted molar refractivity (Wildman–Crippen MR) is 76.5 cm³/mol. The second-order valence-corrected chi connectivity index (χ2v) is 5.16. The van der Waals surface area contributed by atoms with E-state index in [1.807, 2.05) is 23.7 Å². The first-order chi connectivity index (χ1) is 8.78. The van der Waals surface area contributed by atoms with Gasteiger partial charge in [0.05, 0.1) is 7.11 Å². The third kappa shape index (κ3) is 3.74. The average molecular weight is 262 g/mol. The van der Waals surface area contributed by atoms with Crippen molar-refractivity contribution in [2.24, 2.45) is 0 Å². The quantitative estimate of drug-likeness (QED) is 0.864. The zero-order valence-corrected chi connectivity index (χ0v) is 11.5. The number of benzene rings is 1. The molecule has 1 aromatic carbocycles. The second kappa shape index (κ2) is 6.40. The molecule has 1 unspecified atom stereocenters. The van der Waals surface area contributed by atoms with E-state index in [1.54, 1.807) is 18.4 Å². The minimum Gasteiger partial charge on any atom is -0.497 e. The van der Waals surface area contributed by atoms with Gasteiger partial charge in [-0.2, -0.15) is 0 Å². The molecule has 0 aliphatic carbocycles. The van der Waals surface area contributed by atoms with Crippen LogP contribution in [0.25, 0.3) is 0 Å². The van der Waals surface area contributed by atoms with E-state index in [1.165, 1.54) is 5.56 Å². The lowest BCUT2D eigenvalue weighted by atomic mass is 10.1. The number of nitrogens with zero attached hydrogens (tertiary/aromatic N) is 1. The molecule has 0 saturated carbocycles. The molecule has 0 amide bonds. The number of aryl methyl sites for hydroxylation is 1. The largest absolute Gasteiger partial charge is 0.497 e. The highest BCUT2D eigenvalue weighted by Crippen LogP contribution is 2.16. The van der Waals surface area contributed by atoms with E-state index >= 15 is 0 Å². The van der Waals surface area contributed by atoms with Gasteiger partial charge in [-0.1, -0.05) is 12.1 Å². The molecule has 3 nitrogen and oxygen atoms in total. The Balaban J connectivity index is 1.79. The van der Waals surface area contributed by atoms with Crippen LogP contribution in [-0.2, 0) is 6.42 Å². The summed E-state index contributed by atoms with van der Waals surface area (Å²) in [5.41, 5.74) is 1.34. The molecular formula is C14H18N2OS. The molecule has 0 bridgehead atoms. The predicted octanol–water partition coefficient (Wildman–Crippen LogP) is 3.58. The van der Waals surface area contributed by atoms with Crippen LogP contribution in [0.2, 0.25) is 0 Å². The van der Waals surface area contributed by atoms with Gasteiger partial charge in [-0.05, 0) is 37.5 Å². The van der Waals surface area contributed by atoms with Crippen molar-refractivity contribution in [1.29, 1.82) is 0 Å². The first-order valence-corrected chi connectivity index (χ1v) is 6.95. The highest BCUT2D eigenvalue weighted by molar-refractivity contribution is 7.13. The number of hydrogen-bond donors (Lipinski definition) is 1. The molecule has 1 atom stereocenters. The molecular weight excluding hydrogens is 244 g/mol. The normalized spacial score (nSPS) is 12.1. The van der Waals surface area contributed by atoms with Crippen LogP contribution in [0.4, 0.5) is 5.13 Å². The van der Waals surface area contributed by atoms with Crippen molar-refractivity contribution >= 4 is 16.5 Å². The van der Waals surface area contributed by atoms with Gasteiger partial charge in [-0.25, -0.2) is 4.98 Å². The van der Waals surface area contributed by atoms with Crippen LogP contribution >= 0.6 is 11.3 Å². The standard InChI is InChI=1S/C14H18N2OS/c1-11(16-14-15-9-10-18-14)3-4-12-5-7-13(17-2)8-6-12/h5-11H,3-4H2,1-2H3,(H,15,16). The summed E-state index contributed by atoms with van der Waals surface area (Å²) in [6.07, 6.45) is 3.97. The number of rotatable bonds is 6. The van der Waals surface area contributed by atoms with E-state index in [0.29, 0.717) is 6.04 Å². The maximum atomic E-state index is 5.15. The SMILES string of the molecule is COc1ccc(CCC(C)Nc2nccs2)cc1. The molecule has 2 rings (SSSR count). The van der Waals surface area contributed by atoms with Gasteiger partial charge in [0.25, 0.3) is 0 Å². The van der Waals surface area contributed by atoms with Gasteiger partial charge in [-0.15, -0.1) is 11.3 Å². The summed E-state index contributed by atoms with van der Waals surface area (Å²) >= 11 is 1.64. The highest BCUT2D eigenvalue weighted by atomic mass is 32.1. The van der Waals surface area contributed by atoms with Crippen LogP contribution in [0.1, 0.15) is 18.9 Å². The molecule has 2 aromatic rings. The Kier molecular flexibility index (Phi) is 4.59. The molecule has 0 aliphatic rings. The first-order valence-electron chi connectivity index (χ1n) is 6.07. The van der Waals surface area contributed by atoms with Gasteiger partial charge in [-0.3, -0.25) is 0 Å².